The van der Waals surface area contributed by atoms with Crippen LogP contribution in [0.5, 0.6) is 0 Å². The van der Waals surface area contributed by atoms with Crippen LogP contribution in [0, 0.1) is 46.3 Å². The first kappa shape index (κ1) is 32.2. The van der Waals surface area contributed by atoms with Gasteiger partial charge in [0, 0.05) is 38.4 Å². The van der Waals surface area contributed by atoms with E-state index in [1.807, 2.05) is 0 Å². The van der Waals surface area contributed by atoms with Crippen LogP contribution in [0.4, 0.5) is 0 Å². The third kappa shape index (κ3) is 6.95. The Bertz CT molecular complexity index is 684. The highest BCUT2D eigenvalue weighted by atomic mass is 16.5. The molecule has 7 nitrogen and oxygen atoms in total. The molecule has 7 N–H and O–H groups in total. The van der Waals surface area contributed by atoms with Gasteiger partial charge in [0.1, 0.15) is 0 Å². The van der Waals surface area contributed by atoms with E-state index in [0.717, 1.165) is 71.4 Å². The molecular weight excluding hydrogens is 478 g/mol. The van der Waals surface area contributed by atoms with Gasteiger partial charge in [-0.3, -0.25) is 0 Å². The van der Waals surface area contributed by atoms with E-state index in [1.54, 1.807) is 0 Å². The van der Waals surface area contributed by atoms with Crippen LogP contribution in [0.2, 0.25) is 0 Å². The number of aliphatic hydroxyl groups is 1. The number of fused-ring (bicyclic) bond motifs is 1. The van der Waals surface area contributed by atoms with Crippen molar-refractivity contribution in [3.63, 3.8) is 0 Å². The summed E-state index contributed by atoms with van der Waals surface area (Å²) < 4.78 is 19.4. The molecule has 0 bridgehead atoms. The van der Waals surface area contributed by atoms with E-state index in [0.29, 0.717) is 55.3 Å². The summed E-state index contributed by atoms with van der Waals surface area (Å²) in [6.07, 6.45) is 10.1. The van der Waals surface area contributed by atoms with Crippen LogP contribution in [0.15, 0.2) is 0 Å². The Labute approximate surface area is 233 Å². The minimum Gasteiger partial charge on any atom is -0.396 e. The first-order valence-electron chi connectivity index (χ1n) is 15.8. The average molecular weight is 540 g/mol. The molecule has 0 aliphatic heterocycles. The van der Waals surface area contributed by atoms with Gasteiger partial charge in [-0.1, -0.05) is 27.7 Å². The summed E-state index contributed by atoms with van der Waals surface area (Å²) in [5.41, 5.74) is 17.6. The van der Waals surface area contributed by atoms with Gasteiger partial charge in [-0.15, -0.1) is 0 Å². The summed E-state index contributed by atoms with van der Waals surface area (Å²) in [5, 5.41) is 10.2. The van der Waals surface area contributed by atoms with Crippen molar-refractivity contribution in [2.24, 2.45) is 63.5 Å². The lowest BCUT2D eigenvalue weighted by atomic mass is 9.47. The van der Waals surface area contributed by atoms with Gasteiger partial charge in [-0.25, -0.2) is 0 Å². The molecule has 224 valence electrons. The normalized spacial score (nSPS) is 40.3. The topological polar surface area (TPSA) is 126 Å². The zero-order chi connectivity index (χ0) is 27.8. The summed E-state index contributed by atoms with van der Waals surface area (Å²) in [5.74, 6) is 2.86. The molecule has 3 aliphatic rings. The second-order valence-electron chi connectivity index (χ2n) is 13.4. The van der Waals surface area contributed by atoms with Crippen LogP contribution in [-0.4, -0.2) is 70.0 Å². The van der Waals surface area contributed by atoms with Crippen molar-refractivity contribution in [3.05, 3.63) is 0 Å². The van der Waals surface area contributed by atoms with Gasteiger partial charge in [0.25, 0.3) is 0 Å². The second-order valence-corrected chi connectivity index (χ2v) is 13.4. The van der Waals surface area contributed by atoms with E-state index < -0.39 is 0 Å². The quantitative estimate of drug-likeness (QED) is 0.219. The van der Waals surface area contributed by atoms with Crippen molar-refractivity contribution in [3.8, 4) is 0 Å². The fraction of sp³-hybridized carbons (Fsp3) is 1.00. The van der Waals surface area contributed by atoms with Crippen LogP contribution in [-0.2, 0) is 14.2 Å². The average Bonchev–Trinajstić information content (AvgIpc) is 3.27. The molecule has 0 amide bonds. The van der Waals surface area contributed by atoms with E-state index in [9.17, 15) is 5.11 Å². The number of nitrogens with two attached hydrogens (primary N) is 3. The molecule has 3 saturated carbocycles. The third-order valence-corrected chi connectivity index (χ3v) is 11.3. The van der Waals surface area contributed by atoms with Gasteiger partial charge >= 0.3 is 0 Å². The Morgan fingerprint density at radius 1 is 0.868 bits per heavy atom. The molecule has 3 unspecified atom stereocenters. The largest absolute Gasteiger partial charge is 0.396 e. The van der Waals surface area contributed by atoms with Gasteiger partial charge in [-0.2, -0.15) is 0 Å². The van der Waals surface area contributed by atoms with Gasteiger partial charge in [0.15, 0.2) is 0 Å². The van der Waals surface area contributed by atoms with Crippen LogP contribution in [0.3, 0.4) is 0 Å². The van der Waals surface area contributed by atoms with Crippen molar-refractivity contribution >= 4 is 0 Å². The minimum absolute atomic E-state index is 0.0390. The first-order valence-corrected chi connectivity index (χ1v) is 15.8. The molecule has 0 aromatic heterocycles. The Balaban J connectivity index is 1.89. The highest BCUT2D eigenvalue weighted by molar-refractivity contribution is 5.11. The van der Waals surface area contributed by atoms with Crippen LogP contribution in [0.1, 0.15) is 85.5 Å². The third-order valence-electron chi connectivity index (χ3n) is 11.3. The lowest BCUT2D eigenvalue weighted by molar-refractivity contribution is -0.184. The fourth-order valence-corrected chi connectivity index (χ4v) is 8.86. The highest BCUT2D eigenvalue weighted by Crippen LogP contribution is 2.65. The zero-order valence-corrected chi connectivity index (χ0v) is 25.0. The monoisotopic (exact) mass is 539 g/mol. The summed E-state index contributed by atoms with van der Waals surface area (Å²) in [6.45, 7) is 15.0. The van der Waals surface area contributed by atoms with E-state index in [2.05, 4.69) is 27.7 Å². The van der Waals surface area contributed by atoms with E-state index in [-0.39, 0.29) is 29.5 Å². The molecule has 0 spiro atoms. The predicted molar refractivity (Wildman–Crippen MR) is 155 cm³/mol. The van der Waals surface area contributed by atoms with Crippen LogP contribution < -0.4 is 17.2 Å². The molecule has 10 atom stereocenters. The molecule has 3 rings (SSSR count). The molecule has 0 radical (unpaired) electrons. The highest BCUT2D eigenvalue weighted by Gasteiger charge is 2.62. The molecule has 0 heterocycles. The van der Waals surface area contributed by atoms with Gasteiger partial charge in [0.2, 0.25) is 0 Å². The fourth-order valence-electron chi connectivity index (χ4n) is 8.86. The van der Waals surface area contributed by atoms with Crippen LogP contribution in [0.25, 0.3) is 0 Å². The molecular formula is C31H61N3O4. The number of ether oxygens (including phenoxy) is 3. The molecule has 38 heavy (non-hydrogen) atoms. The SMILES string of the molecule is CC1C[C@H](OCCCN)CC[C@]1(C)[C@H]1C[C@H](OCCCN)C2(C)[C@@H]([C@H](C)CO)CC[C@H]2C1COCCCN. The Morgan fingerprint density at radius 2 is 1.53 bits per heavy atom. The molecule has 0 saturated heterocycles. The molecule has 0 aromatic rings. The Morgan fingerprint density at radius 3 is 2.16 bits per heavy atom. The molecule has 7 heteroatoms. The van der Waals surface area contributed by atoms with E-state index in [1.165, 1.54) is 12.8 Å². The first-order chi connectivity index (χ1) is 18.3. The van der Waals surface area contributed by atoms with Crippen LogP contribution >= 0.6 is 0 Å². The number of hydrogen-bond donors (Lipinski definition) is 4. The van der Waals surface area contributed by atoms with Gasteiger partial charge in [0.05, 0.1) is 12.2 Å². The molecule has 3 fully saturated rings. The maximum atomic E-state index is 10.2. The smallest absolute Gasteiger partial charge is 0.0637 e. The van der Waals surface area contributed by atoms with Gasteiger partial charge < -0.3 is 36.5 Å². The lowest BCUT2D eigenvalue weighted by Gasteiger charge is -2.60. The zero-order valence-electron chi connectivity index (χ0n) is 25.0. The van der Waals surface area contributed by atoms with E-state index in [4.69, 9.17) is 31.4 Å². The van der Waals surface area contributed by atoms with Crippen molar-refractivity contribution in [2.45, 2.75) is 97.7 Å². The summed E-state index contributed by atoms with van der Waals surface area (Å²) in [4.78, 5) is 0. The maximum Gasteiger partial charge on any atom is 0.0637 e. The summed E-state index contributed by atoms with van der Waals surface area (Å²) in [7, 11) is 0. The molecule has 0 aromatic carbocycles. The van der Waals surface area contributed by atoms with E-state index >= 15 is 0 Å². The Kier molecular flexibility index (Phi) is 12.8. The molecule has 3 aliphatic carbocycles. The number of hydrogen-bond acceptors (Lipinski definition) is 7. The van der Waals surface area contributed by atoms with Gasteiger partial charge in [-0.05, 0) is 118 Å². The predicted octanol–water partition coefficient (Wildman–Crippen LogP) is 3.94. The van der Waals surface area contributed by atoms with Crippen molar-refractivity contribution in [1.82, 2.24) is 0 Å². The van der Waals surface area contributed by atoms with Crippen molar-refractivity contribution < 1.29 is 19.3 Å². The standard InChI is InChI=1S/C31H61N3O4/c1-22(20-35)26-8-9-27-25(21-36-15-5-12-32)28(19-29(31(26,27)4)38-17-7-14-34)30(3)11-10-24(18-23(30)2)37-16-6-13-33/h22-29,35H,5-21,32-34H2,1-4H3/t22-,23?,24-,25?,26-,27+,28+,29+,30+,31?/m1/s1. The number of aliphatic hydroxyl groups excluding tert-OH is 1. The summed E-state index contributed by atoms with van der Waals surface area (Å²) >= 11 is 0. The minimum atomic E-state index is 0.0390. The Hall–Kier alpha value is -0.280. The van der Waals surface area contributed by atoms with Crippen molar-refractivity contribution in [1.29, 1.82) is 0 Å². The van der Waals surface area contributed by atoms with Crippen molar-refractivity contribution in [2.75, 3.05) is 52.7 Å². The number of rotatable bonds is 16. The lowest BCUT2D eigenvalue weighted by Crippen LogP contribution is -2.58. The second kappa shape index (κ2) is 15.1. The maximum absolute atomic E-state index is 10.2. The summed E-state index contributed by atoms with van der Waals surface area (Å²) in [6, 6.07) is 0.